The number of benzene rings is 1. The highest BCUT2D eigenvalue weighted by Crippen LogP contribution is 2.14. The van der Waals surface area contributed by atoms with Crippen molar-refractivity contribution < 1.29 is 4.79 Å². The van der Waals surface area contributed by atoms with E-state index in [0.717, 1.165) is 5.56 Å². The lowest BCUT2D eigenvalue weighted by molar-refractivity contribution is -0.111. The Hall–Kier alpha value is -1.64. The molecule has 3 nitrogen and oxygen atoms in total. The highest BCUT2D eigenvalue weighted by Gasteiger charge is 2.09. The molecule has 1 aromatic carbocycles. The minimum Gasteiger partial charge on any atom is -0.398 e. The topological polar surface area (TPSA) is 66.9 Å². The molecule has 0 bridgehead atoms. The standard InChI is InChI=1S/C10H12N2O/c1-6-3-4-9(11)8(5-6)10(12)7(2)13/h3-5,12H,11H2,1-2H3. The van der Waals surface area contributed by atoms with Crippen LogP contribution in [-0.4, -0.2) is 11.5 Å². The third-order valence-electron chi connectivity index (χ3n) is 1.83. The summed E-state index contributed by atoms with van der Waals surface area (Å²) in [5.74, 6) is -0.266. The number of nitrogens with two attached hydrogens (primary N) is 1. The molecule has 3 heteroatoms. The molecule has 0 spiro atoms. The molecule has 0 unspecified atom stereocenters. The first-order valence-electron chi connectivity index (χ1n) is 3.98. The second kappa shape index (κ2) is 3.39. The summed E-state index contributed by atoms with van der Waals surface area (Å²) in [5.41, 5.74) is 7.60. The van der Waals surface area contributed by atoms with Gasteiger partial charge in [0, 0.05) is 18.2 Å². The number of nitrogens with one attached hydrogen (secondary N) is 1. The van der Waals surface area contributed by atoms with Crippen molar-refractivity contribution in [1.82, 2.24) is 0 Å². The third kappa shape index (κ3) is 1.93. The first-order chi connectivity index (χ1) is 6.02. The number of ketones is 1. The first-order valence-corrected chi connectivity index (χ1v) is 3.98. The minimum absolute atomic E-state index is 0.0267. The van der Waals surface area contributed by atoms with Gasteiger partial charge in [-0.3, -0.25) is 10.2 Å². The van der Waals surface area contributed by atoms with Gasteiger partial charge in [0.25, 0.3) is 0 Å². The molecule has 0 aromatic heterocycles. The summed E-state index contributed by atoms with van der Waals surface area (Å²) in [6.45, 7) is 3.26. The Balaban J connectivity index is 3.21. The van der Waals surface area contributed by atoms with Gasteiger partial charge in [-0.25, -0.2) is 0 Å². The van der Waals surface area contributed by atoms with E-state index in [1.54, 1.807) is 12.1 Å². The molecule has 0 aliphatic rings. The van der Waals surface area contributed by atoms with E-state index in [9.17, 15) is 4.79 Å². The Kier molecular flexibility index (Phi) is 2.46. The van der Waals surface area contributed by atoms with Crippen LogP contribution in [0.2, 0.25) is 0 Å². The van der Waals surface area contributed by atoms with Crippen molar-refractivity contribution in [2.45, 2.75) is 13.8 Å². The van der Waals surface area contributed by atoms with Crippen LogP contribution < -0.4 is 5.73 Å². The lowest BCUT2D eigenvalue weighted by atomic mass is 10.0. The maximum atomic E-state index is 10.9. The Morgan fingerprint density at radius 1 is 1.46 bits per heavy atom. The number of anilines is 1. The normalized spacial score (nSPS) is 9.69. The quantitative estimate of drug-likeness (QED) is 0.530. The second-order valence-electron chi connectivity index (χ2n) is 3.02. The molecule has 0 radical (unpaired) electrons. The molecule has 0 saturated heterocycles. The fourth-order valence-electron chi connectivity index (χ4n) is 1.08. The van der Waals surface area contributed by atoms with Crippen molar-refractivity contribution in [3.05, 3.63) is 29.3 Å². The van der Waals surface area contributed by atoms with Crippen LogP contribution in [0.25, 0.3) is 0 Å². The maximum absolute atomic E-state index is 10.9. The molecule has 0 aliphatic heterocycles. The molecule has 0 amide bonds. The number of nitrogen functional groups attached to an aromatic ring is 1. The van der Waals surface area contributed by atoms with Gasteiger partial charge in [0.2, 0.25) is 0 Å². The largest absolute Gasteiger partial charge is 0.398 e. The summed E-state index contributed by atoms with van der Waals surface area (Å²) in [4.78, 5) is 10.9. The molecule has 1 aromatic rings. The van der Waals surface area contributed by atoms with Crippen molar-refractivity contribution >= 4 is 17.2 Å². The van der Waals surface area contributed by atoms with E-state index in [-0.39, 0.29) is 11.5 Å². The van der Waals surface area contributed by atoms with Gasteiger partial charge in [0.05, 0.1) is 0 Å². The monoisotopic (exact) mass is 176 g/mol. The van der Waals surface area contributed by atoms with Gasteiger partial charge in [-0.05, 0) is 19.1 Å². The van der Waals surface area contributed by atoms with Crippen LogP contribution >= 0.6 is 0 Å². The summed E-state index contributed by atoms with van der Waals surface area (Å²) < 4.78 is 0. The molecule has 68 valence electrons. The zero-order valence-corrected chi connectivity index (χ0v) is 7.72. The van der Waals surface area contributed by atoms with Crippen molar-refractivity contribution in [3.8, 4) is 0 Å². The lowest BCUT2D eigenvalue weighted by Crippen LogP contribution is -2.12. The van der Waals surface area contributed by atoms with Crippen LogP contribution in [0.4, 0.5) is 5.69 Å². The third-order valence-corrected chi connectivity index (χ3v) is 1.83. The van der Waals surface area contributed by atoms with E-state index >= 15 is 0 Å². The zero-order chi connectivity index (χ0) is 10.0. The van der Waals surface area contributed by atoms with Crippen LogP contribution in [0, 0.1) is 12.3 Å². The summed E-state index contributed by atoms with van der Waals surface area (Å²) in [6, 6.07) is 5.31. The van der Waals surface area contributed by atoms with Crippen LogP contribution in [0.15, 0.2) is 18.2 Å². The smallest absolute Gasteiger partial charge is 0.178 e. The fourth-order valence-corrected chi connectivity index (χ4v) is 1.08. The van der Waals surface area contributed by atoms with Gasteiger partial charge in [-0.1, -0.05) is 11.6 Å². The van der Waals surface area contributed by atoms with Gasteiger partial charge in [0.15, 0.2) is 5.78 Å². The molecule has 1 rings (SSSR count). The summed E-state index contributed by atoms with van der Waals surface area (Å²) in [6.07, 6.45) is 0. The minimum atomic E-state index is -0.266. The Morgan fingerprint density at radius 3 is 2.62 bits per heavy atom. The average Bonchev–Trinajstić information content (AvgIpc) is 2.08. The molecular weight excluding hydrogens is 164 g/mol. The molecule has 0 saturated carbocycles. The van der Waals surface area contributed by atoms with Crippen LogP contribution in [-0.2, 0) is 4.79 Å². The molecule has 0 heterocycles. The van der Waals surface area contributed by atoms with E-state index in [0.29, 0.717) is 11.3 Å². The van der Waals surface area contributed by atoms with Crippen molar-refractivity contribution in [3.63, 3.8) is 0 Å². The molecule has 0 aliphatic carbocycles. The number of rotatable bonds is 2. The number of hydrogen-bond donors (Lipinski definition) is 2. The fraction of sp³-hybridized carbons (Fsp3) is 0.200. The van der Waals surface area contributed by atoms with Gasteiger partial charge < -0.3 is 5.73 Å². The van der Waals surface area contributed by atoms with E-state index in [4.69, 9.17) is 11.1 Å². The van der Waals surface area contributed by atoms with Crippen molar-refractivity contribution in [2.24, 2.45) is 0 Å². The van der Waals surface area contributed by atoms with E-state index in [1.807, 2.05) is 13.0 Å². The van der Waals surface area contributed by atoms with Gasteiger partial charge in [-0.2, -0.15) is 0 Å². The molecule has 3 N–H and O–H groups in total. The molecule has 13 heavy (non-hydrogen) atoms. The highest BCUT2D eigenvalue weighted by atomic mass is 16.1. The number of Topliss-reactive ketones (excluding diaryl/α,β-unsaturated/α-hetero) is 1. The summed E-state index contributed by atoms with van der Waals surface area (Å²) in [5, 5.41) is 7.49. The molecule has 0 fully saturated rings. The van der Waals surface area contributed by atoms with Crippen molar-refractivity contribution in [2.75, 3.05) is 5.73 Å². The lowest BCUT2D eigenvalue weighted by Gasteiger charge is -2.05. The van der Waals surface area contributed by atoms with Gasteiger partial charge in [0.1, 0.15) is 5.71 Å². The van der Waals surface area contributed by atoms with E-state index in [1.165, 1.54) is 6.92 Å². The predicted octanol–water partition coefficient (Wildman–Crippen LogP) is 1.53. The van der Waals surface area contributed by atoms with E-state index < -0.39 is 0 Å². The number of aryl methyl sites for hydroxylation is 1. The zero-order valence-electron chi connectivity index (χ0n) is 7.72. The Morgan fingerprint density at radius 2 is 2.08 bits per heavy atom. The first kappa shape index (κ1) is 9.45. The summed E-state index contributed by atoms with van der Waals surface area (Å²) in [7, 11) is 0. The highest BCUT2D eigenvalue weighted by molar-refractivity contribution is 6.45. The Bertz CT molecular complexity index is 369. The van der Waals surface area contributed by atoms with Crippen LogP contribution in [0.5, 0.6) is 0 Å². The van der Waals surface area contributed by atoms with Crippen LogP contribution in [0.3, 0.4) is 0 Å². The second-order valence-corrected chi connectivity index (χ2v) is 3.02. The number of hydrogen-bond acceptors (Lipinski definition) is 3. The van der Waals surface area contributed by atoms with E-state index in [2.05, 4.69) is 0 Å². The van der Waals surface area contributed by atoms with Crippen molar-refractivity contribution in [1.29, 1.82) is 5.41 Å². The van der Waals surface area contributed by atoms with Gasteiger partial charge in [-0.15, -0.1) is 0 Å². The average molecular weight is 176 g/mol. The molecular formula is C10H12N2O. The van der Waals surface area contributed by atoms with Gasteiger partial charge >= 0.3 is 0 Å². The predicted molar refractivity (Wildman–Crippen MR) is 53.1 cm³/mol. The Labute approximate surface area is 77.1 Å². The maximum Gasteiger partial charge on any atom is 0.178 e. The number of carbonyl (C=O) groups is 1. The summed E-state index contributed by atoms with van der Waals surface area (Å²) >= 11 is 0. The van der Waals surface area contributed by atoms with Crippen LogP contribution in [0.1, 0.15) is 18.1 Å². The molecule has 0 atom stereocenters. The number of carbonyl (C=O) groups excluding carboxylic acids is 1. The SMILES string of the molecule is CC(=O)C(=N)c1cc(C)ccc1N.